The van der Waals surface area contributed by atoms with E-state index in [2.05, 4.69) is 5.32 Å². The minimum Gasteiger partial charge on any atom is -0.495 e. The molecule has 0 aromatic heterocycles. The lowest BCUT2D eigenvalue weighted by molar-refractivity contribution is 0.102. The first-order valence-electron chi connectivity index (χ1n) is 8.36. The molecule has 7 heteroatoms. The number of methoxy groups -OCH3 is 1. The third-order valence-corrected chi connectivity index (χ3v) is 6.38. The Morgan fingerprint density at radius 3 is 2.50 bits per heavy atom. The SMILES string of the molecule is COc1ccc(C(=O)Nc2ccc3c(c2)CCC3)cc1S(=O)(=O)N(C)C. The van der Waals surface area contributed by atoms with Crippen LogP contribution in [-0.2, 0) is 22.9 Å². The van der Waals surface area contributed by atoms with Gasteiger partial charge in [-0.2, -0.15) is 0 Å². The Labute approximate surface area is 153 Å². The third kappa shape index (κ3) is 3.45. The lowest BCUT2D eigenvalue weighted by Gasteiger charge is -2.15. The van der Waals surface area contributed by atoms with Crippen LogP contribution in [-0.4, -0.2) is 39.8 Å². The molecule has 0 saturated heterocycles. The summed E-state index contributed by atoms with van der Waals surface area (Å²) in [5, 5.41) is 2.85. The maximum atomic E-state index is 12.6. The van der Waals surface area contributed by atoms with Gasteiger partial charge in [0.2, 0.25) is 10.0 Å². The van der Waals surface area contributed by atoms with Gasteiger partial charge in [-0.15, -0.1) is 0 Å². The summed E-state index contributed by atoms with van der Waals surface area (Å²) in [6, 6.07) is 10.3. The first-order valence-corrected chi connectivity index (χ1v) is 9.80. The molecule has 0 aliphatic heterocycles. The Bertz CT molecular complexity index is 952. The Morgan fingerprint density at radius 2 is 1.81 bits per heavy atom. The van der Waals surface area contributed by atoms with E-state index in [9.17, 15) is 13.2 Å². The van der Waals surface area contributed by atoms with E-state index in [1.54, 1.807) is 6.07 Å². The van der Waals surface area contributed by atoms with Crippen LogP contribution in [0.25, 0.3) is 0 Å². The van der Waals surface area contributed by atoms with E-state index < -0.39 is 10.0 Å². The van der Waals surface area contributed by atoms with Gasteiger partial charge in [0.1, 0.15) is 10.6 Å². The first-order chi connectivity index (χ1) is 12.3. The third-order valence-electron chi connectivity index (χ3n) is 4.54. The number of benzene rings is 2. The molecule has 0 atom stereocenters. The minimum atomic E-state index is -3.73. The fourth-order valence-corrected chi connectivity index (χ4v) is 4.14. The number of nitrogens with one attached hydrogen (secondary N) is 1. The van der Waals surface area contributed by atoms with E-state index >= 15 is 0 Å². The summed E-state index contributed by atoms with van der Waals surface area (Å²) in [5.41, 5.74) is 3.55. The Balaban J connectivity index is 1.90. The van der Waals surface area contributed by atoms with E-state index in [0.29, 0.717) is 5.69 Å². The van der Waals surface area contributed by atoms with Crippen LogP contribution in [0.5, 0.6) is 5.75 Å². The lowest BCUT2D eigenvalue weighted by atomic mass is 10.1. The van der Waals surface area contributed by atoms with E-state index in [0.717, 1.165) is 23.6 Å². The molecule has 0 bridgehead atoms. The van der Waals surface area contributed by atoms with Crippen molar-refractivity contribution in [2.45, 2.75) is 24.2 Å². The predicted octanol–water partition coefficient (Wildman–Crippen LogP) is 2.69. The first kappa shape index (κ1) is 18.4. The van der Waals surface area contributed by atoms with E-state index in [1.165, 1.54) is 44.5 Å². The quantitative estimate of drug-likeness (QED) is 0.873. The number of carbonyl (C=O) groups excluding carboxylic acids is 1. The summed E-state index contributed by atoms with van der Waals surface area (Å²) in [5.74, 6) is -0.159. The number of hydrogen-bond acceptors (Lipinski definition) is 4. The maximum Gasteiger partial charge on any atom is 0.255 e. The van der Waals surface area contributed by atoms with Crippen LogP contribution in [0, 0.1) is 0 Å². The summed E-state index contributed by atoms with van der Waals surface area (Å²) in [4.78, 5) is 12.6. The largest absolute Gasteiger partial charge is 0.495 e. The Morgan fingerprint density at radius 1 is 1.08 bits per heavy atom. The van der Waals surface area contributed by atoms with Crippen molar-refractivity contribution in [2.75, 3.05) is 26.5 Å². The van der Waals surface area contributed by atoms with Crippen molar-refractivity contribution >= 4 is 21.6 Å². The highest BCUT2D eigenvalue weighted by Crippen LogP contribution is 2.28. The van der Waals surface area contributed by atoms with Crippen molar-refractivity contribution in [2.24, 2.45) is 0 Å². The highest BCUT2D eigenvalue weighted by Gasteiger charge is 2.24. The molecular weight excluding hydrogens is 352 g/mol. The van der Waals surface area contributed by atoms with Crippen LogP contribution in [0.1, 0.15) is 27.9 Å². The number of carbonyl (C=O) groups is 1. The van der Waals surface area contributed by atoms with Crippen molar-refractivity contribution in [3.63, 3.8) is 0 Å². The average molecular weight is 374 g/mol. The summed E-state index contributed by atoms with van der Waals surface area (Å²) < 4.78 is 31.2. The van der Waals surface area contributed by atoms with E-state index in [-0.39, 0.29) is 22.1 Å². The number of ether oxygens (including phenoxy) is 1. The molecule has 138 valence electrons. The Kier molecular flexibility index (Phi) is 5.02. The van der Waals surface area contributed by atoms with Gasteiger partial charge in [0.15, 0.2) is 0 Å². The number of sulfonamides is 1. The van der Waals surface area contributed by atoms with Gasteiger partial charge in [-0.05, 0) is 60.7 Å². The molecule has 2 aromatic carbocycles. The van der Waals surface area contributed by atoms with Crippen LogP contribution < -0.4 is 10.1 Å². The molecule has 2 aromatic rings. The number of fused-ring (bicyclic) bond motifs is 1. The number of hydrogen-bond donors (Lipinski definition) is 1. The zero-order valence-electron chi connectivity index (χ0n) is 15.1. The van der Waals surface area contributed by atoms with E-state index in [4.69, 9.17) is 4.74 Å². The molecule has 1 aliphatic rings. The van der Waals surface area contributed by atoms with Gasteiger partial charge >= 0.3 is 0 Å². The van der Waals surface area contributed by atoms with Gasteiger partial charge in [-0.25, -0.2) is 12.7 Å². The van der Waals surface area contributed by atoms with Crippen LogP contribution in [0.3, 0.4) is 0 Å². The van der Waals surface area contributed by atoms with Gasteiger partial charge in [-0.1, -0.05) is 6.07 Å². The summed E-state index contributed by atoms with van der Waals surface area (Å²) >= 11 is 0. The fraction of sp³-hybridized carbons (Fsp3) is 0.316. The number of nitrogens with zero attached hydrogens (tertiary/aromatic N) is 1. The second-order valence-corrected chi connectivity index (χ2v) is 8.56. The molecule has 0 fully saturated rings. The number of aryl methyl sites for hydroxylation is 2. The van der Waals surface area contributed by atoms with Crippen molar-refractivity contribution in [3.05, 3.63) is 53.1 Å². The molecule has 1 N–H and O–H groups in total. The molecule has 6 nitrogen and oxygen atoms in total. The van der Waals surface area contributed by atoms with Gasteiger partial charge in [0, 0.05) is 25.3 Å². The molecule has 26 heavy (non-hydrogen) atoms. The second kappa shape index (κ2) is 7.09. The smallest absolute Gasteiger partial charge is 0.255 e. The van der Waals surface area contributed by atoms with Gasteiger partial charge in [-0.3, -0.25) is 4.79 Å². The highest BCUT2D eigenvalue weighted by atomic mass is 32.2. The van der Waals surface area contributed by atoms with Gasteiger partial charge in [0.05, 0.1) is 7.11 Å². The van der Waals surface area contributed by atoms with Crippen molar-refractivity contribution in [3.8, 4) is 5.75 Å². The summed E-state index contributed by atoms with van der Waals surface area (Å²) in [6.07, 6.45) is 3.23. The number of amides is 1. The summed E-state index contributed by atoms with van der Waals surface area (Å²) in [7, 11) is 0.542. The van der Waals surface area contributed by atoms with Crippen LogP contribution in [0.4, 0.5) is 5.69 Å². The summed E-state index contributed by atoms with van der Waals surface area (Å²) in [6.45, 7) is 0. The van der Waals surface area contributed by atoms with E-state index in [1.807, 2.05) is 18.2 Å². The monoisotopic (exact) mass is 374 g/mol. The molecule has 0 unspecified atom stereocenters. The van der Waals surface area contributed by atoms with Crippen LogP contribution in [0.2, 0.25) is 0 Å². The van der Waals surface area contributed by atoms with Gasteiger partial charge in [0.25, 0.3) is 5.91 Å². The normalized spacial score (nSPS) is 13.5. The Hall–Kier alpha value is -2.38. The van der Waals surface area contributed by atoms with Crippen LogP contribution in [0.15, 0.2) is 41.3 Å². The molecular formula is C19H22N2O4S. The minimum absolute atomic E-state index is 0.0356. The molecule has 1 aliphatic carbocycles. The maximum absolute atomic E-state index is 12.6. The number of anilines is 1. The van der Waals surface area contributed by atoms with Crippen LogP contribution >= 0.6 is 0 Å². The molecule has 3 rings (SSSR count). The molecule has 1 amide bonds. The van der Waals surface area contributed by atoms with Gasteiger partial charge < -0.3 is 10.1 Å². The zero-order valence-corrected chi connectivity index (χ0v) is 15.9. The molecule has 0 saturated carbocycles. The highest BCUT2D eigenvalue weighted by molar-refractivity contribution is 7.89. The second-order valence-electron chi connectivity index (χ2n) is 6.44. The number of rotatable bonds is 5. The standard InChI is InChI=1S/C19H22N2O4S/c1-21(2)26(23,24)18-12-15(8-10-17(18)25-3)19(22)20-16-9-7-13-5-4-6-14(13)11-16/h7-12H,4-6H2,1-3H3,(H,20,22). The lowest BCUT2D eigenvalue weighted by Crippen LogP contribution is -2.23. The zero-order chi connectivity index (χ0) is 18.9. The van der Waals surface area contributed by atoms with Crippen molar-refractivity contribution in [1.29, 1.82) is 0 Å². The predicted molar refractivity (Wildman–Crippen MR) is 100 cm³/mol. The topological polar surface area (TPSA) is 75.7 Å². The van der Waals surface area contributed by atoms with Crippen molar-refractivity contribution < 1.29 is 17.9 Å². The molecule has 0 spiro atoms. The molecule has 0 heterocycles. The average Bonchev–Trinajstić information content (AvgIpc) is 3.08. The fourth-order valence-electron chi connectivity index (χ4n) is 3.07. The molecule has 0 radical (unpaired) electrons. The van der Waals surface area contributed by atoms with Crippen molar-refractivity contribution in [1.82, 2.24) is 4.31 Å².